The van der Waals surface area contributed by atoms with Crippen molar-refractivity contribution in [2.24, 2.45) is 11.3 Å². The summed E-state index contributed by atoms with van der Waals surface area (Å²) in [5, 5.41) is 0. The molecule has 0 heterocycles. The van der Waals surface area contributed by atoms with E-state index in [0.717, 1.165) is 12.8 Å². The molecule has 102 valence electrons. The number of ketones is 2. The van der Waals surface area contributed by atoms with E-state index in [4.69, 9.17) is 0 Å². The maximum Gasteiger partial charge on any atom is 0.143 e. The number of Topliss-reactive ketones (excluding diaryl/α,β-unsaturated/α-hetero) is 2. The van der Waals surface area contributed by atoms with Gasteiger partial charge in [0.25, 0.3) is 0 Å². The number of rotatable bonds is 5. The fourth-order valence-electron chi connectivity index (χ4n) is 2.97. The zero-order valence-electron chi connectivity index (χ0n) is 12.4. The topological polar surface area (TPSA) is 34.1 Å². The zero-order chi connectivity index (χ0) is 13.9. The number of carbonyl (C=O) groups excluding carboxylic acids is 2. The van der Waals surface area contributed by atoms with Crippen LogP contribution in [0.4, 0.5) is 0 Å². The second kappa shape index (κ2) is 5.81. The monoisotopic (exact) mass is 250 g/mol. The van der Waals surface area contributed by atoms with Gasteiger partial charge in [-0.3, -0.25) is 9.59 Å². The Hall–Kier alpha value is -0.920. The molecule has 0 saturated heterocycles. The van der Waals surface area contributed by atoms with Crippen LogP contribution in [-0.4, -0.2) is 11.6 Å². The van der Waals surface area contributed by atoms with Gasteiger partial charge in [0, 0.05) is 5.92 Å². The smallest absolute Gasteiger partial charge is 0.143 e. The van der Waals surface area contributed by atoms with Crippen LogP contribution in [0.3, 0.4) is 0 Å². The van der Waals surface area contributed by atoms with Crippen molar-refractivity contribution in [1.29, 1.82) is 0 Å². The predicted octanol–water partition coefficient (Wildman–Crippen LogP) is 4.09. The Morgan fingerprint density at radius 3 is 2.44 bits per heavy atom. The van der Waals surface area contributed by atoms with Gasteiger partial charge in [0.2, 0.25) is 0 Å². The fourth-order valence-corrected chi connectivity index (χ4v) is 2.97. The van der Waals surface area contributed by atoms with Crippen molar-refractivity contribution in [3.63, 3.8) is 0 Å². The van der Waals surface area contributed by atoms with Gasteiger partial charge in [-0.05, 0) is 44.9 Å². The molecule has 1 aliphatic rings. The van der Waals surface area contributed by atoms with Crippen LogP contribution in [0.5, 0.6) is 0 Å². The lowest BCUT2D eigenvalue weighted by atomic mass is 9.69. The van der Waals surface area contributed by atoms with E-state index in [9.17, 15) is 9.59 Å². The first-order valence-electron chi connectivity index (χ1n) is 6.95. The lowest BCUT2D eigenvalue weighted by Crippen LogP contribution is -2.24. The number of allylic oxidation sites excluding steroid dienone is 2. The molecular weight excluding hydrogens is 224 g/mol. The van der Waals surface area contributed by atoms with E-state index >= 15 is 0 Å². The summed E-state index contributed by atoms with van der Waals surface area (Å²) in [5.74, 6) is 0.0286. The average molecular weight is 250 g/mol. The van der Waals surface area contributed by atoms with E-state index in [-0.39, 0.29) is 29.3 Å². The van der Waals surface area contributed by atoms with Gasteiger partial charge >= 0.3 is 0 Å². The summed E-state index contributed by atoms with van der Waals surface area (Å²) < 4.78 is 0. The highest BCUT2D eigenvalue weighted by molar-refractivity contribution is 5.98. The van der Waals surface area contributed by atoms with Crippen LogP contribution in [0.1, 0.15) is 66.7 Å². The van der Waals surface area contributed by atoms with Gasteiger partial charge in [-0.2, -0.15) is 0 Å². The third-order valence-corrected chi connectivity index (χ3v) is 4.17. The predicted molar refractivity (Wildman–Crippen MR) is 74.4 cm³/mol. The van der Waals surface area contributed by atoms with Gasteiger partial charge in [-0.15, -0.1) is 0 Å². The molecule has 0 aromatic heterocycles. The summed E-state index contributed by atoms with van der Waals surface area (Å²) >= 11 is 0. The Kier molecular flexibility index (Phi) is 4.89. The zero-order valence-corrected chi connectivity index (χ0v) is 12.4. The first-order chi connectivity index (χ1) is 8.24. The summed E-state index contributed by atoms with van der Waals surface area (Å²) in [7, 11) is 0. The van der Waals surface area contributed by atoms with Crippen molar-refractivity contribution in [3.05, 3.63) is 11.1 Å². The summed E-state index contributed by atoms with van der Waals surface area (Å²) in [4.78, 5) is 22.9. The molecule has 18 heavy (non-hydrogen) atoms. The van der Waals surface area contributed by atoms with Gasteiger partial charge in [0.1, 0.15) is 11.6 Å². The van der Waals surface area contributed by atoms with E-state index in [2.05, 4.69) is 20.8 Å². The van der Waals surface area contributed by atoms with Crippen LogP contribution in [0.15, 0.2) is 11.1 Å². The molecular formula is C16H26O2. The molecule has 1 atom stereocenters. The molecule has 0 bridgehead atoms. The van der Waals surface area contributed by atoms with E-state index in [0.29, 0.717) is 0 Å². The third-order valence-electron chi connectivity index (χ3n) is 4.17. The minimum absolute atomic E-state index is 0.0274. The lowest BCUT2D eigenvalue weighted by Gasteiger charge is -2.35. The van der Waals surface area contributed by atoms with Crippen LogP contribution in [0.25, 0.3) is 0 Å². The highest BCUT2D eigenvalue weighted by Gasteiger charge is 2.30. The van der Waals surface area contributed by atoms with Gasteiger partial charge in [0.05, 0.1) is 6.42 Å². The quantitative estimate of drug-likeness (QED) is 0.544. The second-order valence-electron chi connectivity index (χ2n) is 6.45. The maximum atomic E-state index is 11.9. The molecule has 0 radical (unpaired) electrons. The average Bonchev–Trinajstić information content (AvgIpc) is 2.22. The molecule has 0 amide bonds. The molecule has 0 aromatic carbocycles. The van der Waals surface area contributed by atoms with Crippen molar-refractivity contribution in [3.8, 4) is 0 Å². The Balaban J connectivity index is 2.76. The molecule has 1 unspecified atom stereocenters. The molecule has 0 aliphatic heterocycles. The molecule has 1 aliphatic carbocycles. The van der Waals surface area contributed by atoms with Crippen molar-refractivity contribution in [2.45, 2.75) is 66.7 Å². The normalized spacial score (nSPS) is 20.7. The van der Waals surface area contributed by atoms with Gasteiger partial charge < -0.3 is 0 Å². The van der Waals surface area contributed by atoms with Crippen molar-refractivity contribution in [1.82, 2.24) is 0 Å². The number of carbonyl (C=O) groups is 2. The Labute approximate surface area is 111 Å². The van der Waals surface area contributed by atoms with Gasteiger partial charge in [-0.25, -0.2) is 0 Å². The van der Waals surface area contributed by atoms with Gasteiger partial charge in [0.15, 0.2) is 0 Å². The van der Waals surface area contributed by atoms with E-state index in [1.54, 1.807) is 0 Å². The lowest BCUT2D eigenvalue weighted by molar-refractivity contribution is -0.128. The SMILES string of the molecule is CC(=O)CC(=O)C(C)CC1=C(C)CCCC1(C)C. The van der Waals surface area contributed by atoms with Gasteiger partial charge in [-0.1, -0.05) is 31.9 Å². The maximum absolute atomic E-state index is 11.9. The van der Waals surface area contributed by atoms with E-state index < -0.39 is 0 Å². The van der Waals surface area contributed by atoms with Crippen molar-refractivity contribution >= 4 is 11.6 Å². The fraction of sp³-hybridized carbons (Fsp3) is 0.750. The molecule has 0 N–H and O–H groups in total. The highest BCUT2D eigenvalue weighted by Crippen LogP contribution is 2.43. The van der Waals surface area contributed by atoms with Crippen molar-refractivity contribution in [2.75, 3.05) is 0 Å². The first kappa shape index (κ1) is 15.1. The largest absolute Gasteiger partial charge is 0.300 e. The van der Waals surface area contributed by atoms with E-state index in [1.807, 2.05) is 6.92 Å². The molecule has 1 rings (SSSR count). The first-order valence-corrected chi connectivity index (χ1v) is 6.95. The second-order valence-corrected chi connectivity index (χ2v) is 6.45. The summed E-state index contributed by atoms with van der Waals surface area (Å²) in [5.41, 5.74) is 3.11. The molecule has 0 aromatic rings. The molecule has 0 fully saturated rings. The van der Waals surface area contributed by atoms with Crippen LogP contribution < -0.4 is 0 Å². The molecule has 0 spiro atoms. The van der Waals surface area contributed by atoms with Crippen LogP contribution in [0.2, 0.25) is 0 Å². The minimum Gasteiger partial charge on any atom is -0.300 e. The highest BCUT2D eigenvalue weighted by atomic mass is 16.1. The molecule has 2 nitrogen and oxygen atoms in total. The van der Waals surface area contributed by atoms with E-state index in [1.165, 1.54) is 30.9 Å². The molecule has 0 saturated carbocycles. The van der Waals surface area contributed by atoms with Crippen molar-refractivity contribution < 1.29 is 9.59 Å². The van der Waals surface area contributed by atoms with Crippen LogP contribution >= 0.6 is 0 Å². The summed E-state index contributed by atoms with van der Waals surface area (Å²) in [6.07, 6.45) is 4.52. The van der Waals surface area contributed by atoms with Crippen LogP contribution in [-0.2, 0) is 9.59 Å². The Bertz CT molecular complexity index is 375. The Morgan fingerprint density at radius 2 is 1.94 bits per heavy atom. The minimum atomic E-state index is -0.0313. The molecule has 2 heteroatoms. The summed E-state index contributed by atoms with van der Waals surface area (Å²) in [6.45, 7) is 10.2. The summed E-state index contributed by atoms with van der Waals surface area (Å²) in [6, 6.07) is 0. The third kappa shape index (κ3) is 3.79. The van der Waals surface area contributed by atoms with Crippen LogP contribution in [0, 0.1) is 11.3 Å². The number of hydrogen-bond donors (Lipinski definition) is 0. The number of hydrogen-bond acceptors (Lipinski definition) is 2. The standard InChI is InChI=1S/C16H26O2/c1-11-7-6-8-16(4,5)14(11)9-12(2)15(18)10-13(3)17/h12H,6-10H2,1-5H3. The Morgan fingerprint density at radius 1 is 1.33 bits per heavy atom.